The fourth-order valence-corrected chi connectivity index (χ4v) is 3.07. The molecule has 5 nitrogen and oxygen atoms in total. The second-order valence-corrected chi connectivity index (χ2v) is 5.90. The molecule has 0 saturated heterocycles. The number of aryl methyl sites for hydroxylation is 2. The predicted molar refractivity (Wildman–Crippen MR) is 86.2 cm³/mol. The summed E-state index contributed by atoms with van der Waals surface area (Å²) >= 11 is 3.62. The van der Waals surface area contributed by atoms with E-state index in [1.807, 2.05) is 46.7 Å². The monoisotopic (exact) mass is 347 g/mol. The van der Waals surface area contributed by atoms with Gasteiger partial charge in [0.2, 0.25) is 0 Å². The number of rotatable bonds is 4. The maximum absolute atomic E-state index is 6.42. The minimum absolute atomic E-state index is 0.109. The summed E-state index contributed by atoms with van der Waals surface area (Å²) < 4.78 is 4.91. The Kier molecular flexibility index (Phi) is 3.82. The summed E-state index contributed by atoms with van der Waals surface area (Å²) in [5.41, 5.74) is 10.7. The number of halogens is 1. The highest BCUT2D eigenvalue weighted by molar-refractivity contribution is 9.10. The molecule has 0 fully saturated rings. The first-order valence-corrected chi connectivity index (χ1v) is 7.80. The van der Waals surface area contributed by atoms with Crippen molar-refractivity contribution in [1.82, 2.24) is 19.4 Å². The Hall–Kier alpha value is -1.66. The van der Waals surface area contributed by atoms with Crippen LogP contribution in [0.4, 0.5) is 0 Å². The van der Waals surface area contributed by atoms with Crippen LogP contribution >= 0.6 is 15.9 Å². The van der Waals surface area contributed by atoms with E-state index in [9.17, 15) is 0 Å². The smallest absolute Gasteiger partial charge is 0.0738 e. The molecule has 21 heavy (non-hydrogen) atoms. The summed E-state index contributed by atoms with van der Waals surface area (Å²) in [6.45, 7) is 4.92. The number of pyridine rings is 1. The number of nitrogens with zero attached hydrogens (tertiary/aromatic N) is 4. The van der Waals surface area contributed by atoms with E-state index < -0.39 is 0 Å². The van der Waals surface area contributed by atoms with E-state index in [-0.39, 0.29) is 6.04 Å². The predicted octanol–water partition coefficient (Wildman–Crippen LogP) is 2.86. The average Bonchev–Trinajstić information content (AvgIpc) is 3.03. The van der Waals surface area contributed by atoms with E-state index in [1.54, 1.807) is 0 Å². The molecule has 3 rings (SSSR count). The van der Waals surface area contributed by atoms with Gasteiger partial charge in [-0.3, -0.25) is 4.68 Å². The number of fused-ring (bicyclic) bond motifs is 1. The molecule has 110 valence electrons. The van der Waals surface area contributed by atoms with Gasteiger partial charge in [0, 0.05) is 30.8 Å². The van der Waals surface area contributed by atoms with Crippen molar-refractivity contribution in [3.8, 4) is 0 Å². The maximum atomic E-state index is 6.42. The van der Waals surface area contributed by atoms with Gasteiger partial charge in [-0.05, 0) is 41.9 Å². The molecule has 0 bridgehead atoms. The molecule has 3 heterocycles. The Balaban J connectivity index is 1.95. The number of hydrogen-bond acceptors (Lipinski definition) is 3. The highest BCUT2D eigenvalue weighted by atomic mass is 79.9. The molecule has 0 aliphatic carbocycles. The highest BCUT2D eigenvalue weighted by Gasteiger charge is 2.18. The number of hydrogen-bond donors (Lipinski definition) is 1. The second-order valence-electron chi connectivity index (χ2n) is 5.10. The van der Waals surface area contributed by atoms with Crippen molar-refractivity contribution >= 4 is 21.4 Å². The van der Waals surface area contributed by atoms with Crippen molar-refractivity contribution in [3.05, 3.63) is 52.0 Å². The molecule has 0 aromatic carbocycles. The van der Waals surface area contributed by atoms with Crippen LogP contribution in [0, 0.1) is 6.92 Å². The van der Waals surface area contributed by atoms with Gasteiger partial charge in [0.1, 0.15) is 0 Å². The molecule has 6 heteroatoms. The van der Waals surface area contributed by atoms with E-state index >= 15 is 0 Å². The van der Waals surface area contributed by atoms with Gasteiger partial charge in [-0.2, -0.15) is 10.2 Å². The van der Waals surface area contributed by atoms with Crippen LogP contribution in [0.25, 0.3) is 5.52 Å². The second kappa shape index (κ2) is 5.61. The molecule has 0 aliphatic rings. The molecule has 0 saturated carbocycles. The van der Waals surface area contributed by atoms with Crippen molar-refractivity contribution in [2.45, 2.75) is 32.9 Å². The average molecular weight is 348 g/mol. The van der Waals surface area contributed by atoms with Gasteiger partial charge < -0.3 is 5.73 Å². The number of nitrogens with two attached hydrogens (primary N) is 1. The van der Waals surface area contributed by atoms with Gasteiger partial charge in [0.15, 0.2) is 0 Å². The largest absolute Gasteiger partial charge is 0.324 e. The normalized spacial score (nSPS) is 13.0. The van der Waals surface area contributed by atoms with Gasteiger partial charge >= 0.3 is 0 Å². The molecule has 0 aliphatic heterocycles. The third kappa shape index (κ3) is 2.49. The first-order valence-electron chi connectivity index (χ1n) is 7.01. The van der Waals surface area contributed by atoms with Crippen LogP contribution in [0.5, 0.6) is 0 Å². The van der Waals surface area contributed by atoms with Crippen molar-refractivity contribution in [2.24, 2.45) is 5.73 Å². The van der Waals surface area contributed by atoms with Crippen LogP contribution in [0.3, 0.4) is 0 Å². The Morgan fingerprint density at radius 3 is 2.95 bits per heavy atom. The molecule has 0 amide bonds. The minimum atomic E-state index is -0.109. The summed E-state index contributed by atoms with van der Waals surface area (Å²) in [6.07, 6.45) is 4.51. The first-order chi connectivity index (χ1) is 10.1. The van der Waals surface area contributed by atoms with Crippen LogP contribution in [0.1, 0.15) is 29.9 Å². The lowest BCUT2D eigenvalue weighted by atomic mass is 10.0. The molecule has 1 unspecified atom stereocenters. The Morgan fingerprint density at radius 1 is 1.38 bits per heavy atom. The fraction of sp³-hybridized carbons (Fsp3) is 0.333. The summed E-state index contributed by atoms with van der Waals surface area (Å²) in [6, 6.07) is 5.90. The Bertz CT molecular complexity index is 774. The summed E-state index contributed by atoms with van der Waals surface area (Å²) in [5.74, 6) is 0. The minimum Gasteiger partial charge on any atom is -0.324 e. The summed E-state index contributed by atoms with van der Waals surface area (Å²) in [5, 5.41) is 8.87. The lowest BCUT2D eigenvalue weighted by molar-refractivity contribution is 0.587. The van der Waals surface area contributed by atoms with Crippen LogP contribution in [0.15, 0.2) is 35.1 Å². The van der Waals surface area contributed by atoms with Gasteiger partial charge in [-0.25, -0.2) is 4.52 Å². The van der Waals surface area contributed by atoms with Crippen molar-refractivity contribution in [3.63, 3.8) is 0 Å². The van der Waals surface area contributed by atoms with Gasteiger partial charge in [-0.15, -0.1) is 0 Å². The molecule has 0 radical (unpaired) electrons. The topological polar surface area (TPSA) is 61.1 Å². The third-order valence-electron chi connectivity index (χ3n) is 3.72. The quantitative estimate of drug-likeness (QED) is 0.789. The SMILES string of the molecule is CCn1nc(C)c(Br)c1CC(N)c1cnn2ccccc12. The van der Waals surface area contributed by atoms with Gasteiger partial charge in [-0.1, -0.05) is 6.07 Å². The van der Waals surface area contributed by atoms with E-state index in [4.69, 9.17) is 5.73 Å². The van der Waals surface area contributed by atoms with Gasteiger partial charge in [0.05, 0.1) is 27.6 Å². The lowest BCUT2D eigenvalue weighted by Gasteiger charge is -2.12. The zero-order valence-electron chi connectivity index (χ0n) is 12.1. The molecule has 1 atom stereocenters. The molecule has 0 spiro atoms. The zero-order valence-corrected chi connectivity index (χ0v) is 13.7. The van der Waals surface area contributed by atoms with Crippen molar-refractivity contribution in [1.29, 1.82) is 0 Å². The molecule has 3 aromatic rings. The molecule has 3 aromatic heterocycles. The summed E-state index contributed by atoms with van der Waals surface area (Å²) in [4.78, 5) is 0. The first kappa shape index (κ1) is 14.3. The van der Waals surface area contributed by atoms with Crippen molar-refractivity contribution < 1.29 is 0 Å². The zero-order chi connectivity index (χ0) is 15.0. The van der Waals surface area contributed by atoms with E-state index in [2.05, 4.69) is 33.1 Å². The maximum Gasteiger partial charge on any atom is 0.0738 e. The number of aromatic nitrogens is 4. The van der Waals surface area contributed by atoms with Gasteiger partial charge in [0.25, 0.3) is 0 Å². The Morgan fingerprint density at radius 2 is 2.19 bits per heavy atom. The fourth-order valence-electron chi connectivity index (χ4n) is 2.62. The van der Waals surface area contributed by atoms with Crippen molar-refractivity contribution in [2.75, 3.05) is 0 Å². The highest BCUT2D eigenvalue weighted by Crippen LogP contribution is 2.27. The molecular weight excluding hydrogens is 330 g/mol. The van der Waals surface area contributed by atoms with E-state index in [0.717, 1.165) is 39.9 Å². The van der Waals surface area contributed by atoms with E-state index in [1.165, 1.54) is 0 Å². The molecule has 2 N–H and O–H groups in total. The van der Waals surface area contributed by atoms with Crippen LogP contribution < -0.4 is 5.73 Å². The van der Waals surface area contributed by atoms with Crippen LogP contribution in [0.2, 0.25) is 0 Å². The summed E-state index contributed by atoms with van der Waals surface area (Å²) in [7, 11) is 0. The molecular formula is C15H18BrN5. The van der Waals surface area contributed by atoms with E-state index in [0.29, 0.717) is 0 Å². The van der Waals surface area contributed by atoms with Crippen LogP contribution in [-0.2, 0) is 13.0 Å². The standard InChI is InChI=1S/C15H18BrN5/c1-3-20-14(15(16)10(2)19-20)8-12(17)11-9-18-21-7-5-4-6-13(11)21/h4-7,9,12H,3,8,17H2,1-2H3. The van der Waals surface area contributed by atoms with Crippen LogP contribution in [-0.4, -0.2) is 19.4 Å². The third-order valence-corrected chi connectivity index (χ3v) is 4.75. The Labute approximate surface area is 131 Å². The lowest BCUT2D eigenvalue weighted by Crippen LogP contribution is -2.16.